The van der Waals surface area contributed by atoms with Crippen LogP contribution in [0.1, 0.15) is 10.4 Å². The number of nitro benzene ring substituents is 1. The number of rotatable bonds is 3. The van der Waals surface area contributed by atoms with Crippen molar-refractivity contribution in [2.24, 2.45) is 0 Å². The van der Waals surface area contributed by atoms with Gasteiger partial charge in [0.2, 0.25) is 0 Å². The summed E-state index contributed by atoms with van der Waals surface area (Å²) in [4.78, 5) is 22.1. The second kappa shape index (κ2) is 5.76. The SMILES string of the molecule is O=C(Nc1c(O)cccc1[N+](=O)[O-])c1c(F)cccc1Cl. The second-order valence-electron chi connectivity index (χ2n) is 3.98. The molecule has 0 aliphatic heterocycles. The number of halogens is 2. The summed E-state index contributed by atoms with van der Waals surface area (Å²) in [5.41, 5.74) is -1.40. The molecule has 108 valence electrons. The molecule has 0 fully saturated rings. The lowest BCUT2D eigenvalue weighted by Gasteiger charge is -2.09. The summed E-state index contributed by atoms with van der Waals surface area (Å²) in [7, 11) is 0. The average molecular weight is 311 g/mol. The van der Waals surface area contributed by atoms with Crippen LogP contribution in [-0.4, -0.2) is 15.9 Å². The minimum atomic E-state index is -0.998. The van der Waals surface area contributed by atoms with Crippen LogP contribution in [0, 0.1) is 15.9 Å². The van der Waals surface area contributed by atoms with E-state index >= 15 is 0 Å². The minimum Gasteiger partial charge on any atom is -0.505 e. The first-order chi connectivity index (χ1) is 9.91. The molecule has 0 saturated heterocycles. The predicted molar refractivity (Wildman–Crippen MR) is 74.1 cm³/mol. The van der Waals surface area contributed by atoms with Gasteiger partial charge < -0.3 is 10.4 Å². The molecule has 2 aromatic rings. The fourth-order valence-corrected chi connectivity index (χ4v) is 1.95. The van der Waals surface area contributed by atoms with E-state index in [1.54, 1.807) is 0 Å². The summed E-state index contributed by atoms with van der Waals surface area (Å²) >= 11 is 5.74. The van der Waals surface area contributed by atoms with Gasteiger partial charge >= 0.3 is 0 Å². The molecule has 2 aromatic carbocycles. The highest BCUT2D eigenvalue weighted by Crippen LogP contribution is 2.34. The van der Waals surface area contributed by atoms with E-state index in [4.69, 9.17) is 11.6 Å². The van der Waals surface area contributed by atoms with Gasteiger partial charge in [-0.3, -0.25) is 14.9 Å². The van der Waals surface area contributed by atoms with Crippen molar-refractivity contribution >= 4 is 28.9 Å². The number of benzene rings is 2. The van der Waals surface area contributed by atoms with Crippen LogP contribution in [0.3, 0.4) is 0 Å². The fraction of sp³-hybridized carbons (Fsp3) is 0. The maximum absolute atomic E-state index is 13.6. The number of phenolic OH excluding ortho intramolecular Hbond substituents is 1. The molecule has 0 aromatic heterocycles. The second-order valence-corrected chi connectivity index (χ2v) is 4.39. The summed E-state index contributed by atoms with van der Waals surface area (Å²) in [6.45, 7) is 0. The Kier molecular flexibility index (Phi) is 4.04. The predicted octanol–water partition coefficient (Wildman–Crippen LogP) is 3.35. The topological polar surface area (TPSA) is 92.5 Å². The summed E-state index contributed by atoms with van der Waals surface area (Å²) in [6, 6.07) is 7.15. The maximum Gasteiger partial charge on any atom is 0.296 e. The number of carbonyl (C=O) groups excluding carboxylic acids is 1. The molecule has 8 heteroatoms. The van der Waals surface area contributed by atoms with Crippen molar-refractivity contribution in [1.82, 2.24) is 0 Å². The number of anilines is 1. The Morgan fingerprint density at radius 1 is 1.29 bits per heavy atom. The van der Waals surface area contributed by atoms with Gasteiger partial charge in [-0.2, -0.15) is 0 Å². The van der Waals surface area contributed by atoms with Crippen molar-refractivity contribution < 1.29 is 19.2 Å². The lowest BCUT2D eigenvalue weighted by atomic mass is 10.1. The molecular weight excluding hydrogens is 303 g/mol. The van der Waals surface area contributed by atoms with Crippen molar-refractivity contribution in [2.75, 3.05) is 5.32 Å². The average Bonchev–Trinajstić information content (AvgIpc) is 2.40. The number of aromatic hydroxyl groups is 1. The van der Waals surface area contributed by atoms with Crippen LogP contribution in [0.5, 0.6) is 5.75 Å². The standard InChI is InChI=1S/C13H8ClFN2O4/c14-7-3-1-4-8(15)11(7)13(19)16-12-9(17(20)21)5-2-6-10(12)18/h1-6,18H,(H,16,19). The number of nitrogens with one attached hydrogen (secondary N) is 1. The highest BCUT2D eigenvalue weighted by Gasteiger charge is 2.23. The van der Waals surface area contributed by atoms with E-state index in [1.807, 2.05) is 0 Å². The van der Waals surface area contributed by atoms with E-state index in [9.17, 15) is 24.4 Å². The zero-order valence-corrected chi connectivity index (χ0v) is 11.1. The Morgan fingerprint density at radius 2 is 1.95 bits per heavy atom. The van der Waals surface area contributed by atoms with Crippen molar-refractivity contribution in [1.29, 1.82) is 0 Å². The molecule has 0 bridgehead atoms. The zero-order valence-electron chi connectivity index (χ0n) is 10.3. The van der Waals surface area contributed by atoms with Gasteiger partial charge in [0.1, 0.15) is 11.6 Å². The number of hydrogen-bond acceptors (Lipinski definition) is 4. The Morgan fingerprint density at radius 3 is 2.57 bits per heavy atom. The first kappa shape index (κ1) is 14.7. The molecule has 0 spiro atoms. The monoisotopic (exact) mass is 310 g/mol. The van der Waals surface area contributed by atoms with Crippen LogP contribution < -0.4 is 5.32 Å². The Labute approximate surface area is 122 Å². The van der Waals surface area contributed by atoms with Crippen molar-refractivity contribution in [3.05, 3.63) is 62.9 Å². The van der Waals surface area contributed by atoms with E-state index in [-0.39, 0.29) is 5.02 Å². The van der Waals surface area contributed by atoms with Gasteiger partial charge in [0, 0.05) is 6.07 Å². The van der Waals surface area contributed by atoms with Gasteiger partial charge in [-0.25, -0.2) is 4.39 Å². The van der Waals surface area contributed by atoms with Crippen LogP contribution in [0.4, 0.5) is 15.8 Å². The van der Waals surface area contributed by atoms with E-state index in [2.05, 4.69) is 5.32 Å². The number of nitro groups is 1. The van der Waals surface area contributed by atoms with Gasteiger partial charge in [0.25, 0.3) is 11.6 Å². The Balaban J connectivity index is 2.44. The quantitative estimate of drug-likeness (QED) is 0.516. The van der Waals surface area contributed by atoms with Gasteiger partial charge in [-0.15, -0.1) is 0 Å². The molecule has 2 N–H and O–H groups in total. The molecular formula is C13H8ClFN2O4. The van der Waals surface area contributed by atoms with Crippen LogP contribution in [0.15, 0.2) is 36.4 Å². The van der Waals surface area contributed by atoms with Crippen LogP contribution in [-0.2, 0) is 0 Å². The summed E-state index contributed by atoms with van der Waals surface area (Å²) < 4.78 is 13.6. The largest absolute Gasteiger partial charge is 0.505 e. The molecule has 2 rings (SSSR count). The number of amides is 1. The molecule has 0 saturated carbocycles. The molecule has 1 amide bonds. The molecule has 0 radical (unpaired) electrons. The molecule has 0 atom stereocenters. The van der Waals surface area contributed by atoms with Crippen molar-refractivity contribution in [3.8, 4) is 5.75 Å². The van der Waals surface area contributed by atoms with Gasteiger partial charge in [-0.05, 0) is 18.2 Å². The Hall–Kier alpha value is -2.67. The van der Waals surface area contributed by atoms with E-state index < -0.39 is 39.3 Å². The third-order valence-corrected chi connectivity index (χ3v) is 2.96. The van der Waals surface area contributed by atoms with Crippen molar-refractivity contribution in [3.63, 3.8) is 0 Å². The summed E-state index contributed by atoms with van der Waals surface area (Å²) in [6.07, 6.45) is 0. The molecule has 0 heterocycles. The lowest BCUT2D eigenvalue weighted by Crippen LogP contribution is -2.15. The molecule has 0 aliphatic rings. The highest BCUT2D eigenvalue weighted by atomic mass is 35.5. The first-order valence-electron chi connectivity index (χ1n) is 5.63. The van der Waals surface area contributed by atoms with Crippen LogP contribution >= 0.6 is 11.6 Å². The normalized spacial score (nSPS) is 10.2. The third-order valence-electron chi connectivity index (χ3n) is 2.65. The van der Waals surface area contributed by atoms with E-state index in [1.165, 1.54) is 18.2 Å². The van der Waals surface area contributed by atoms with Gasteiger partial charge in [-0.1, -0.05) is 23.7 Å². The van der Waals surface area contributed by atoms with E-state index in [0.717, 1.165) is 18.2 Å². The summed E-state index contributed by atoms with van der Waals surface area (Å²) in [5.74, 6) is -2.38. The zero-order chi connectivity index (χ0) is 15.6. The van der Waals surface area contributed by atoms with Gasteiger partial charge in [0.15, 0.2) is 5.69 Å². The number of nitrogens with zero attached hydrogens (tertiary/aromatic N) is 1. The molecule has 21 heavy (non-hydrogen) atoms. The third kappa shape index (κ3) is 2.92. The number of carbonyl (C=O) groups is 1. The van der Waals surface area contributed by atoms with Crippen molar-refractivity contribution in [2.45, 2.75) is 0 Å². The molecule has 0 aliphatic carbocycles. The Bertz CT molecular complexity index is 716. The van der Waals surface area contributed by atoms with E-state index in [0.29, 0.717) is 0 Å². The number of phenols is 1. The fourth-order valence-electron chi connectivity index (χ4n) is 1.70. The van der Waals surface area contributed by atoms with Crippen LogP contribution in [0.2, 0.25) is 5.02 Å². The molecule has 6 nitrogen and oxygen atoms in total. The molecule has 0 unspecified atom stereocenters. The number of hydrogen-bond donors (Lipinski definition) is 2. The van der Waals surface area contributed by atoms with Crippen LogP contribution in [0.25, 0.3) is 0 Å². The highest BCUT2D eigenvalue weighted by molar-refractivity contribution is 6.34. The first-order valence-corrected chi connectivity index (χ1v) is 6.01. The maximum atomic E-state index is 13.6. The summed E-state index contributed by atoms with van der Waals surface area (Å²) in [5, 5.41) is 22.5. The minimum absolute atomic E-state index is 0.148. The smallest absolute Gasteiger partial charge is 0.296 e. The van der Waals surface area contributed by atoms with Gasteiger partial charge in [0.05, 0.1) is 15.5 Å². The lowest BCUT2D eigenvalue weighted by molar-refractivity contribution is -0.384. The number of para-hydroxylation sites is 1.